The Bertz CT molecular complexity index is 1290. The molecule has 1 saturated carbocycles. The van der Waals surface area contributed by atoms with Gasteiger partial charge in [0.1, 0.15) is 11.4 Å². The molecule has 0 unspecified atom stereocenters. The highest BCUT2D eigenvalue weighted by Gasteiger charge is 2.33. The van der Waals surface area contributed by atoms with Crippen molar-refractivity contribution in [2.24, 2.45) is 5.92 Å². The number of aromatic nitrogens is 2. The maximum Gasteiger partial charge on any atom is 0.433 e. The Morgan fingerprint density at radius 1 is 1.08 bits per heavy atom. The Hall–Kier alpha value is -3.05. The lowest BCUT2D eigenvalue weighted by Crippen LogP contribution is -2.30. The van der Waals surface area contributed by atoms with Crippen LogP contribution >= 0.6 is 11.3 Å². The van der Waals surface area contributed by atoms with E-state index in [4.69, 9.17) is 4.98 Å². The number of pyridine rings is 1. The van der Waals surface area contributed by atoms with Gasteiger partial charge in [-0.2, -0.15) is 13.2 Å². The molecule has 0 spiro atoms. The van der Waals surface area contributed by atoms with Crippen molar-refractivity contribution in [1.29, 1.82) is 0 Å². The average Bonchev–Trinajstić information content (AvgIpc) is 3.25. The highest BCUT2D eigenvalue weighted by molar-refractivity contribution is 7.18. The van der Waals surface area contributed by atoms with E-state index in [-0.39, 0.29) is 29.1 Å². The van der Waals surface area contributed by atoms with Gasteiger partial charge in [-0.15, -0.1) is 11.3 Å². The molecule has 3 N–H and O–H groups in total. The summed E-state index contributed by atoms with van der Waals surface area (Å²) in [5.74, 6) is -0.540. The monoisotopic (exact) mass is 520 g/mol. The number of thiazole rings is 1. The predicted molar refractivity (Wildman–Crippen MR) is 131 cm³/mol. The number of hydrogen-bond acceptors (Lipinski definition) is 6. The summed E-state index contributed by atoms with van der Waals surface area (Å²) in [6.45, 7) is 3.11. The molecule has 0 saturated heterocycles. The van der Waals surface area contributed by atoms with Crippen molar-refractivity contribution in [2.45, 2.75) is 57.2 Å². The zero-order valence-corrected chi connectivity index (χ0v) is 20.9. The summed E-state index contributed by atoms with van der Waals surface area (Å²) in [6, 6.07) is 6.50. The van der Waals surface area contributed by atoms with Gasteiger partial charge in [0.15, 0.2) is 0 Å². The third-order valence-corrected chi connectivity index (χ3v) is 7.60. The number of halogens is 3. The highest BCUT2D eigenvalue weighted by atomic mass is 32.1. The molecule has 4 rings (SSSR count). The Kier molecular flexibility index (Phi) is 7.07. The number of aliphatic hydroxyl groups is 1. The highest BCUT2D eigenvalue weighted by Crippen LogP contribution is 2.41. The van der Waals surface area contributed by atoms with E-state index < -0.39 is 23.4 Å². The van der Waals surface area contributed by atoms with Crippen molar-refractivity contribution in [1.82, 2.24) is 15.3 Å². The molecular formula is C25H27F3N4O3S. The zero-order valence-electron chi connectivity index (χ0n) is 20.1. The van der Waals surface area contributed by atoms with Crippen LogP contribution in [0.2, 0.25) is 0 Å². The fraction of sp³-hybridized carbons (Fsp3) is 0.440. The fourth-order valence-electron chi connectivity index (χ4n) is 4.49. The third-order valence-electron chi connectivity index (χ3n) is 6.42. The molecule has 1 aliphatic carbocycles. The van der Waals surface area contributed by atoms with Crippen LogP contribution in [0.25, 0.3) is 10.2 Å². The number of carbonyl (C=O) groups is 2. The topological polar surface area (TPSA) is 104 Å². The van der Waals surface area contributed by atoms with E-state index in [0.717, 1.165) is 47.5 Å². The minimum Gasteiger partial charge on any atom is -0.386 e. The molecule has 3 aromatic rings. The van der Waals surface area contributed by atoms with E-state index in [9.17, 15) is 27.9 Å². The average molecular weight is 521 g/mol. The number of anilines is 1. The first-order valence-corrected chi connectivity index (χ1v) is 12.4. The zero-order chi connectivity index (χ0) is 26.3. The molecule has 0 radical (unpaired) electrons. The summed E-state index contributed by atoms with van der Waals surface area (Å²) >= 11 is 1.47. The van der Waals surface area contributed by atoms with E-state index in [2.05, 4.69) is 15.6 Å². The fourth-order valence-corrected chi connectivity index (χ4v) is 5.65. The molecule has 1 aliphatic rings. The number of carbonyl (C=O) groups excluding carboxylic acids is 2. The standard InChI is InChI=1S/C25H27F3N4O3S/c1-24(2,35)15-11-18-19(36-23(32-18)14-9-7-13(8-10-14)21(33)29-3)12-17(15)31-22(34)16-5-4-6-20(30-16)25(26,27)28/h4-6,11-14,35H,7-10H2,1-3H3,(H,29,33)(H,31,34)/t13-,14-. The van der Waals surface area contributed by atoms with Crippen molar-refractivity contribution in [2.75, 3.05) is 12.4 Å². The molecule has 2 aromatic heterocycles. The van der Waals surface area contributed by atoms with Crippen LogP contribution in [-0.4, -0.2) is 33.9 Å². The van der Waals surface area contributed by atoms with E-state index >= 15 is 0 Å². The van der Waals surface area contributed by atoms with Crippen LogP contribution in [0.5, 0.6) is 0 Å². The lowest BCUT2D eigenvalue weighted by Gasteiger charge is -2.25. The quantitative estimate of drug-likeness (QED) is 0.429. The van der Waals surface area contributed by atoms with Crippen molar-refractivity contribution in [3.05, 3.63) is 52.3 Å². The van der Waals surface area contributed by atoms with Crippen molar-refractivity contribution >= 4 is 39.1 Å². The smallest absolute Gasteiger partial charge is 0.386 e. The minimum absolute atomic E-state index is 0.00805. The van der Waals surface area contributed by atoms with E-state index in [0.29, 0.717) is 11.1 Å². The number of nitrogens with zero attached hydrogens (tertiary/aromatic N) is 2. The lowest BCUT2D eigenvalue weighted by atomic mass is 9.82. The molecule has 0 aliphatic heterocycles. The molecule has 36 heavy (non-hydrogen) atoms. The normalized spacial score (nSPS) is 18.8. The predicted octanol–water partition coefficient (Wildman–Crippen LogP) is 5.21. The Morgan fingerprint density at radius 3 is 2.39 bits per heavy atom. The Morgan fingerprint density at radius 2 is 1.78 bits per heavy atom. The second-order valence-corrected chi connectivity index (χ2v) is 10.6. The SMILES string of the molecule is CNC(=O)[C@H]1CC[C@H](c2nc3cc(C(C)(C)O)c(NC(=O)c4cccc(C(F)(F)F)n4)cc3s2)CC1. The van der Waals surface area contributed by atoms with E-state index in [1.54, 1.807) is 33.0 Å². The Balaban J connectivity index is 1.62. The summed E-state index contributed by atoms with van der Waals surface area (Å²) in [5.41, 5.74) is -1.58. The van der Waals surface area contributed by atoms with Crippen LogP contribution in [0.3, 0.4) is 0 Å². The van der Waals surface area contributed by atoms with Crippen molar-refractivity contribution in [3.63, 3.8) is 0 Å². The van der Waals surface area contributed by atoms with Gasteiger partial charge in [0, 0.05) is 30.1 Å². The summed E-state index contributed by atoms with van der Waals surface area (Å²) in [4.78, 5) is 33.0. The van der Waals surface area contributed by atoms with E-state index in [1.165, 1.54) is 17.4 Å². The van der Waals surface area contributed by atoms with Gasteiger partial charge >= 0.3 is 6.18 Å². The molecule has 2 amide bonds. The molecule has 11 heteroatoms. The van der Waals surface area contributed by atoms with Crippen LogP contribution in [0.15, 0.2) is 30.3 Å². The second-order valence-electron chi connectivity index (χ2n) is 9.50. The van der Waals surface area contributed by atoms with Crippen LogP contribution in [0, 0.1) is 5.92 Å². The summed E-state index contributed by atoms with van der Waals surface area (Å²) in [6.07, 6.45) is -1.45. The second kappa shape index (κ2) is 9.78. The number of amides is 2. The van der Waals surface area contributed by atoms with Gasteiger partial charge in [0.05, 0.1) is 20.8 Å². The molecular weight excluding hydrogens is 493 g/mol. The number of rotatable bonds is 5. The first kappa shape index (κ1) is 26.0. The van der Waals surface area contributed by atoms with Crippen LogP contribution < -0.4 is 10.6 Å². The number of hydrogen-bond donors (Lipinski definition) is 3. The molecule has 7 nitrogen and oxygen atoms in total. The van der Waals surface area contributed by atoms with Gasteiger partial charge in [-0.3, -0.25) is 9.59 Å². The van der Waals surface area contributed by atoms with Gasteiger partial charge in [0.2, 0.25) is 5.91 Å². The number of benzene rings is 1. The van der Waals surface area contributed by atoms with Gasteiger partial charge in [-0.1, -0.05) is 6.07 Å². The van der Waals surface area contributed by atoms with Gasteiger partial charge in [-0.05, 0) is 63.8 Å². The molecule has 1 aromatic carbocycles. The largest absolute Gasteiger partial charge is 0.433 e. The third kappa shape index (κ3) is 5.52. The maximum absolute atomic E-state index is 13.0. The van der Waals surface area contributed by atoms with Crippen LogP contribution in [-0.2, 0) is 16.6 Å². The molecule has 2 heterocycles. The molecule has 192 valence electrons. The molecule has 1 fully saturated rings. The summed E-state index contributed by atoms with van der Waals surface area (Å²) in [5, 5.41) is 17.0. The number of fused-ring (bicyclic) bond motifs is 1. The lowest BCUT2D eigenvalue weighted by molar-refractivity contribution is -0.141. The van der Waals surface area contributed by atoms with Crippen LogP contribution in [0.1, 0.15) is 72.2 Å². The van der Waals surface area contributed by atoms with Gasteiger partial charge in [0.25, 0.3) is 5.91 Å². The summed E-state index contributed by atoms with van der Waals surface area (Å²) < 4.78 is 39.9. The molecule has 0 bridgehead atoms. The van der Waals surface area contributed by atoms with Crippen molar-refractivity contribution < 1.29 is 27.9 Å². The first-order valence-electron chi connectivity index (χ1n) is 11.6. The Labute approximate surface area is 210 Å². The van der Waals surface area contributed by atoms with Crippen molar-refractivity contribution in [3.8, 4) is 0 Å². The van der Waals surface area contributed by atoms with Gasteiger partial charge in [-0.25, -0.2) is 9.97 Å². The minimum atomic E-state index is -4.67. The number of nitrogens with one attached hydrogen (secondary N) is 2. The van der Waals surface area contributed by atoms with Crippen LogP contribution in [0.4, 0.5) is 18.9 Å². The maximum atomic E-state index is 13.0. The summed E-state index contributed by atoms with van der Waals surface area (Å²) in [7, 11) is 1.64. The van der Waals surface area contributed by atoms with E-state index in [1.807, 2.05) is 0 Å². The number of alkyl halides is 3. The molecule has 0 atom stereocenters. The van der Waals surface area contributed by atoms with Gasteiger partial charge < -0.3 is 15.7 Å². The first-order chi connectivity index (χ1) is 16.9.